The zero-order valence-corrected chi connectivity index (χ0v) is 15.7. The van der Waals surface area contributed by atoms with Crippen molar-refractivity contribution in [2.75, 3.05) is 26.2 Å². The van der Waals surface area contributed by atoms with Crippen LogP contribution in [0.2, 0.25) is 0 Å². The average molecular weight is 343 g/mol. The Morgan fingerprint density at radius 1 is 1.08 bits per heavy atom. The Kier molecular flexibility index (Phi) is 5.36. The van der Waals surface area contributed by atoms with Gasteiger partial charge in [-0.3, -0.25) is 9.69 Å². The van der Waals surface area contributed by atoms with Crippen LogP contribution in [0.25, 0.3) is 0 Å². The van der Waals surface area contributed by atoms with Gasteiger partial charge >= 0.3 is 0 Å². The molecule has 0 saturated carbocycles. The van der Waals surface area contributed by atoms with Gasteiger partial charge in [-0.15, -0.1) is 11.3 Å². The van der Waals surface area contributed by atoms with E-state index in [-0.39, 0.29) is 5.91 Å². The highest BCUT2D eigenvalue weighted by atomic mass is 32.1. The van der Waals surface area contributed by atoms with Crippen molar-refractivity contribution in [3.8, 4) is 0 Å². The van der Waals surface area contributed by atoms with E-state index in [1.54, 1.807) is 11.3 Å². The monoisotopic (exact) mass is 342 g/mol. The van der Waals surface area contributed by atoms with Crippen LogP contribution in [-0.2, 0) is 13.0 Å². The van der Waals surface area contributed by atoms with E-state index < -0.39 is 0 Å². The van der Waals surface area contributed by atoms with Crippen molar-refractivity contribution in [3.63, 3.8) is 0 Å². The number of rotatable bonds is 4. The van der Waals surface area contributed by atoms with Crippen LogP contribution in [0.4, 0.5) is 0 Å². The summed E-state index contributed by atoms with van der Waals surface area (Å²) < 4.78 is 0. The normalized spacial score (nSPS) is 15.7. The number of thiophene rings is 1. The van der Waals surface area contributed by atoms with Crippen molar-refractivity contribution in [2.45, 2.75) is 33.7 Å². The third-order valence-corrected chi connectivity index (χ3v) is 6.24. The molecule has 0 N–H and O–H groups in total. The maximum absolute atomic E-state index is 12.7. The van der Waals surface area contributed by atoms with E-state index in [1.165, 1.54) is 21.6 Å². The molecule has 0 atom stereocenters. The van der Waals surface area contributed by atoms with Gasteiger partial charge in [0.1, 0.15) is 0 Å². The summed E-state index contributed by atoms with van der Waals surface area (Å²) in [5.74, 6) is 0.207. The van der Waals surface area contributed by atoms with Crippen LogP contribution in [0.3, 0.4) is 0 Å². The van der Waals surface area contributed by atoms with Gasteiger partial charge in [0, 0.05) is 37.6 Å². The molecule has 4 heteroatoms. The molecular weight excluding hydrogens is 316 g/mol. The Hall–Kier alpha value is -1.65. The molecule has 1 fully saturated rings. The number of carbonyl (C=O) groups is 1. The third-order valence-electron chi connectivity index (χ3n) is 4.87. The number of nitrogens with zero attached hydrogens (tertiary/aromatic N) is 2. The lowest BCUT2D eigenvalue weighted by Gasteiger charge is -2.34. The number of carbonyl (C=O) groups excluding carboxylic acids is 1. The zero-order chi connectivity index (χ0) is 17.1. The maximum Gasteiger partial charge on any atom is 0.264 e. The van der Waals surface area contributed by atoms with Gasteiger partial charge in [0.15, 0.2) is 0 Å². The molecule has 3 rings (SSSR count). The van der Waals surface area contributed by atoms with Crippen LogP contribution in [-0.4, -0.2) is 41.9 Å². The lowest BCUT2D eigenvalue weighted by atomic mass is 10.1. The van der Waals surface area contributed by atoms with Crippen molar-refractivity contribution in [1.82, 2.24) is 9.80 Å². The quantitative estimate of drug-likeness (QED) is 0.842. The highest BCUT2D eigenvalue weighted by Gasteiger charge is 2.24. The van der Waals surface area contributed by atoms with Gasteiger partial charge in [-0.1, -0.05) is 31.2 Å². The molecule has 128 valence electrons. The third kappa shape index (κ3) is 3.70. The smallest absolute Gasteiger partial charge is 0.264 e. The minimum Gasteiger partial charge on any atom is -0.335 e. The second-order valence-electron chi connectivity index (χ2n) is 6.57. The Bertz CT molecular complexity index is 714. The fourth-order valence-corrected chi connectivity index (χ4v) is 4.35. The van der Waals surface area contributed by atoms with E-state index in [0.717, 1.165) is 44.0 Å². The van der Waals surface area contributed by atoms with Gasteiger partial charge in [0.2, 0.25) is 0 Å². The molecule has 0 radical (unpaired) electrons. The summed E-state index contributed by atoms with van der Waals surface area (Å²) in [6.45, 7) is 10.9. The summed E-state index contributed by atoms with van der Waals surface area (Å²) in [7, 11) is 0. The van der Waals surface area contributed by atoms with Gasteiger partial charge in [-0.05, 0) is 43.0 Å². The van der Waals surface area contributed by atoms with Gasteiger partial charge in [0.05, 0.1) is 4.88 Å². The van der Waals surface area contributed by atoms with E-state index in [2.05, 4.69) is 56.0 Å². The predicted molar refractivity (Wildman–Crippen MR) is 101 cm³/mol. The summed E-state index contributed by atoms with van der Waals surface area (Å²) in [4.78, 5) is 19.4. The highest BCUT2D eigenvalue weighted by molar-refractivity contribution is 7.14. The van der Waals surface area contributed by atoms with Gasteiger partial charge < -0.3 is 4.90 Å². The molecule has 0 bridgehead atoms. The van der Waals surface area contributed by atoms with Crippen LogP contribution in [0.15, 0.2) is 30.3 Å². The first-order chi connectivity index (χ1) is 11.6. The van der Waals surface area contributed by atoms with Crippen LogP contribution >= 0.6 is 11.3 Å². The number of hydrogen-bond donors (Lipinski definition) is 0. The molecule has 1 saturated heterocycles. The SMILES string of the molecule is CCc1sc(C(=O)N2CCN(Cc3ccccc3C)CC2)cc1C. The molecule has 0 spiro atoms. The van der Waals surface area contributed by atoms with Gasteiger partial charge in [0.25, 0.3) is 5.91 Å². The molecule has 0 aliphatic carbocycles. The lowest BCUT2D eigenvalue weighted by molar-refractivity contribution is 0.0633. The largest absolute Gasteiger partial charge is 0.335 e. The topological polar surface area (TPSA) is 23.6 Å². The molecule has 2 aromatic rings. The second-order valence-corrected chi connectivity index (χ2v) is 7.70. The lowest BCUT2D eigenvalue weighted by Crippen LogP contribution is -2.48. The Morgan fingerprint density at radius 3 is 2.42 bits per heavy atom. The average Bonchev–Trinajstić information content (AvgIpc) is 2.98. The maximum atomic E-state index is 12.7. The van der Waals surface area contributed by atoms with Crippen molar-refractivity contribution >= 4 is 17.2 Å². The first-order valence-corrected chi connectivity index (χ1v) is 9.55. The number of benzene rings is 1. The summed E-state index contributed by atoms with van der Waals surface area (Å²) in [6.07, 6.45) is 1.01. The van der Waals surface area contributed by atoms with Crippen LogP contribution < -0.4 is 0 Å². The standard InChI is InChI=1S/C20H26N2OS/c1-4-18-16(3)13-19(24-18)20(23)22-11-9-21(10-12-22)14-17-8-6-5-7-15(17)2/h5-8,13H,4,9-12,14H2,1-3H3. The molecule has 1 aromatic carbocycles. The molecule has 1 amide bonds. The summed E-state index contributed by atoms with van der Waals surface area (Å²) in [5, 5.41) is 0. The molecular formula is C20H26N2OS. The first kappa shape index (κ1) is 17.2. The summed E-state index contributed by atoms with van der Waals surface area (Å²) in [6, 6.07) is 10.6. The number of piperazine rings is 1. The molecule has 24 heavy (non-hydrogen) atoms. The van der Waals surface area contributed by atoms with Crippen LogP contribution in [0.5, 0.6) is 0 Å². The second kappa shape index (κ2) is 7.49. The Balaban J connectivity index is 1.58. The fourth-order valence-electron chi connectivity index (χ4n) is 3.27. The minimum atomic E-state index is 0.207. The molecule has 1 aromatic heterocycles. The fraction of sp³-hybridized carbons (Fsp3) is 0.450. The van der Waals surface area contributed by atoms with Crippen molar-refractivity contribution in [1.29, 1.82) is 0 Å². The summed E-state index contributed by atoms with van der Waals surface area (Å²) in [5.41, 5.74) is 3.99. The first-order valence-electron chi connectivity index (χ1n) is 8.74. The molecule has 0 unspecified atom stereocenters. The van der Waals surface area contributed by atoms with Crippen molar-refractivity contribution in [2.24, 2.45) is 0 Å². The number of hydrogen-bond acceptors (Lipinski definition) is 3. The van der Waals surface area contributed by atoms with E-state index in [9.17, 15) is 4.79 Å². The van der Waals surface area contributed by atoms with E-state index in [4.69, 9.17) is 0 Å². The molecule has 3 nitrogen and oxygen atoms in total. The minimum absolute atomic E-state index is 0.207. The van der Waals surface area contributed by atoms with Crippen molar-refractivity contribution in [3.05, 3.63) is 56.8 Å². The van der Waals surface area contributed by atoms with E-state index in [0.29, 0.717) is 0 Å². The molecule has 1 aliphatic heterocycles. The van der Waals surface area contributed by atoms with Gasteiger partial charge in [-0.25, -0.2) is 0 Å². The van der Waals surface area contributed by atoms with E-state index in [1.807, 2.05) is 4.90 Å². The van der Waals surface area contributed by atoms with Crippen LogP contribution in [0.1, 0.15) is 38.2 Å². The Morgan fingerprint density at radius 2 is 1.79 bits per heavy atom. The van der Waals surface area contributed by atoms with Gasteiger partial charge in [-0.2, -0.15) is 0 Å². The number of aryl methyl sites for hydroxylation is 3. The molecule has 2 heterocycles. The van der Waals surface area contributed by atoms with Crippen molar-refractivity contribution < 1.29 is 4.79 Å². The van der Waals surface area contributed by atoms with E-state index >= 15 is 0 Å². The predicted octanol–water partition coefficient (Wildman–Crippen LogP) is 3.89. The highest BCUT2D eigenvalue weighted by Crippen LogP contribution is 2.24. The molecule has 1 aliphatic rings. The Labute approximate surface area is 148 Å². The summed E-state index contributed by atoms with van der Waals surface area (Å²) >= 11 is 1.66. The van der Waals surface area contributed by atoms with Crippen LogP contribution in [0, 0.1) is 13.8 Å². The number of amides is 1. The zero-order valence-electron chi connectivity index (χ0n) is 14.8.